The molecular weight excluding hydrogens is 388 g/mol. The minimum absolute atomic E-state index is 0.372. The molecule has 29 heavy (non-hydrogen) atoms. The Balaban J connectivity index is 2.43. The van der Waals surface area contributed by atoms with Gasteiger partial charge in [0.25, 0.3) is 0 Å². The Hall–Kier alpha value is -2.28. The van der Waals surface area contributed by atoms with Crippen LogP contribution < -0.4 is 20.1 Å². The summed E-state index contributed by atoms with van der Waals surface area (Å²) in [6, 6.07) is 5.19. The summed E-state index contributed by atoms with van der Waals surface area (Å²) >= 11 is 5.32. The van der Waals surface area contributed by atoms with E-state index in [4.69, 9.17) is 26.4 Å². The summed E-state index contributed by atoms with van der Waals surface area (Å²) in [5.41, 5.74) is 0.697. The van der Waals surface area contributed by atoms with E-state index in [1.807, 2.05) is 45.9 Å². The largest absolute Gasteiger partial charge is 0.493 e. The van der Waals surface area contributed by atoms with Crippen LogP contribution in [0.5, 0.6) is 11.5 Å². The maximum absolute atomic E-state index is 13.0. The number of esters is 1. The van der Waals surface area contributed by atoms with Crippen LogP contribution in [-0.4, -0.2) is 29.9 Å². The third-order valence-corrected chi connectivity index (χ3v) is 4.40. The molecule has 1 fully saturated rings. The number of benzene rings is 1. The average molecular weight is 421 g/mol. The van der Waals surface area contributed by atoms with Crippen molar-refractivity contribution in [3.63, 3.8) is 0 Å². The van der Waals surface area contributed by atoms with Crippen LogP contribution in [0.4, 0.5) is 0 Å². The van der Waals surface area contributed by atoms with E-state index < -0.39 is 17.6 Å². The number of thiocarbonyl (C=S) groups is 1. The summed E-state index contributed by atoms with van der Waals surface area (Å²) in [5.74, 6) is 0.352. The molecule has 2 atom stereocenters. The fraction of sp³-hybridized carbons (Fsp3) is 0.545. The maximum atomic E-state index is 13.0. The number of rotatable bonds is 8. The molecule has 6 nitrogen and oxygen atoms in total. The second-order valence-corrected chi connectivity index (χ2v) is 8.42. The zero-order valence-corrected chi connectivity index (χ0v) is 18.8. The quantitative estimate of drug-likeness (QED) is 0.481. The number of ether oxygens (including phenoxy) is 3. The van der Waals surface area contributed by atoms with Crippen LogP contribution in [0.1, 0.15) is 59.1 Å². The topological polar surface area (TPSA) is 68.8 Å². The van der Waals surface area contributed by atoms with Crippen molar-refractivity contribution in [2.24, 2.45) is 5.92 Å². The Morgan fingerprint density at radius 1 is 1.17 bits per heavy atom. The van der Waals surface area contributed by atoms with Gasteiger partial charge in [-0.1, -0.05) is 20.4 Å². The normalized spacial score (nSPS) is 19.2. The van der Waals surface area contributed by atoms with Gasteiger partial charge < -0.3 is 24.8 Å². The molecule has 1 aliphatic heterocycles. The Kier molecular flexibility index (Phi) is 7.90. The number of carbonyl (C=O) groups is 1. The molecule has 1 aromatic rings. The van der Waals surface area contributed by atoms with Crippen molar-refractivity contribution in [3.05, 3.63) is 36.0 Å². The smallest absolute Gasteiger partial charge is 0.317 e. The van der Waals surface area contributed by atoms with Gasteiger partial charge in [0, 0.05) is 17.3 Å². The lowest BCUT2D eigenvalue weighted by molar-refractivity contribution is -0.159. The first-order valence-corrected chi connectivity index (χ1v) is 10.5. The first-order chi connectivity index (χ1) is 13.7. The highest BCUT2D eigenvalue weighted by Gasteiger charge is 2.40. The van der Waals surface area contributed by atoms with Gasteiger partial charge in [-0.3, -0.25) is 4.79 Å². The fourth-order valence-electron chi connectivity index (χ4n) is 3.00. The molecule has 0 saturated carbocycles. The van der Waals surface area contributed by atoms with Gasteiger partial charge >= 0.3 is 5.97 Å². The summed E-state index contributed by atoms with van der Waals surface area (Å²) < 4.78 is 17.4. The van der Waals surface area contributed by atoms with Crippen LogP contribution in [0.3, 0.4) is 0 Å². The molecule has 0 aliphatic carbocycles. The van der Waals surface area contributed by atoms with E-state index in [-0.39, 0.29) is 5.97 Å². The predicted octanol–water partition coefficient (Wildman–Crippen LogP) is 4.25. The van der Waals surface area contributed by atoms with Crippen LogP contribution in [0.25, 0.3) is 0 Å². The van der Waals surface area contributed by atoms with E-state index in [2.05, 4.69) is 24.1 Å². The Labute approximate surface area is 179 Å². The zero-order valence-electron chi connectivity index (χ0n) is 18.0. The van der Waals surface area contributed by atoms with E-state index >= 15 is 0 Å². The molecule has 0 aromatic heterocycles. The van der Waals surface area contributed by atoms with Gasteiger partial charge in [-0.25, -0.2) is 0 Å². The zero-order chi connectivity index (χ0) is 21.6. The third-order valence-electron chi connectivity index (χ3n) is 4.18. The fourth-order valence-corrected chi connectivity index (χ4v) is 3.26. The SMILES string of the molecule is C=C1NC(=S)N[C@H](c2ccc(OCCC)cc2OCCC)[C@H]1C(=O)OC(C)(C)C. The van der Waals surface area contributed by atoms with Gasteiger partial charge in [-0.2, -0.15) is 0 Å². The molecule has 0 amide bonds. The summed E-state index contributed by atoms with van der Waals surface area (Å²) in [5, 5.41) is 6.56. The van der Waals surface area contributed by atoms with Crippen molar-refractivity contribution < 1.29 is 19.0 Å². The van der Waals surface area contributed by atoms with Crippen LogP contribution >= 0.6 is 12.2 Å². The van der Waals surface area contributed by atoms with Crippen molar-refractivity contribution in [2.45, 2.75) is 59.1 Å². The monoisotopic (exact) mass is 420 g/mol. The predicted molar refractivity (Wildman–Crippen MR) is 118 cm³/mol. The second kappa shape index (κ2) is 9.96. The molecule has 1 aromatic carbocycles. The molecule has 0 spiro atoms. The molecule has 7 heteroatoms. The first kappa shape index (κ1) is 23.0. The van der Waals surface area contributed by atoms with Crippen molar-refractivity contribution in [1.82, 2.24) is 10.6 Å². The third kappa shape index (κ3) is 6.35. The number of hydrogen-bond acceptors (Lipinski definition) is 5. The first-order valence-electron chi connectivity index (χ1n) is 10.0. The van der Waals surface area contributed by atoms with Crippen molar-refractivity contribution in [1.29, 1.82) is 0 Å². The molecule has 0 unspecified atom stereocenters. The molecule has 2 N–H and O–H groups in total. The lowest BCUT2D eigenvalue weighted by Gasteiger charge is -2.36. The summed E-state index contributed by atoms with van der Waals surface area (Å²) in [6.07, 6.45) is 1.78. The average Bonchev–Trinajstić information content (AvgIpc) is 2.62. The lowest BCUT2D eigenvalue weighted by Crippen LogP contribution is -2.51. The van der Waals surface area contributed by atoms with Crippen molar-refractivity contribution >= 4 is 23.3 Å². The van der Waals surface area contributed by atoms with E-state index in [0.29, 0.717) is 29.8 Å². The Morgan fingerprint density at radius 3 is 2.45 bits per heavy atom. The molecule has 1 heterocycles. The van der Waals surface area contributed by atoms with Crippen molar-refractivity contribution in [3.8, 4) is 11.5 Å². The molecule has 2 rings (SSSR count). The second-order valence-electron chi connectivity index (χ2n) is 8.01. The molecule has 0 bridgehead atoms. The molecule has 0 radical (unpaired) electrons. The summed E-state index contributed by atoms with van der Waals surface area (Å²) in [6.45, 7) is 14.8. The van der Waals surface area contributed by atoms with Crippen LogP contribution in [0.2, 0.25) is 0 Å². The Bertz CT molecular complexity index is 758. The van der Waals surface area contributed by atoms with Crippen LogP contribution in [0, 0.1) is 5.92 Å². The van der Waals surface area contributed by atoms with Gasteiger partial charge in [-0.15, -0.1) is 0 Å². The molecule has 1 aliphatic rings. The van der Waals surface area contributed by atoms with E-state index in [1.54, 1.807) is 0 Å². The van der Waals surface area contributed by atoms with E-state index in [1.165, 1.54) is 0 Å². The van der Waals surface area contributed by atoms with Gasteiger partial charge in [0.15, 0.2) is 5.11 Å². The minimum Gasteiger partial charge on any atom is -0.493 e. The summed E-state index contributed by atoms with van der Waals surface area (Å²) in [7, 11) is 0. The van der Waals surface area contributed by atoms with E-state index in [9.17, 15) is 4.79 Å². The maximum Gasteiger partial charge on any atom is 0.317 e. The number of carbonyl (C=O) groups excluding carboxylic acids is 1. The van der Waals surface area contributed by atoms with Crippen molar-refractivity contribution in [2.75, 3.05) is 13.2 Å². The summed E-state index contributed by atoms with van der Waals surface area (Å²) in [4.78, 5) is 13.0. The highest BCUT2D eigenvalue weighted by molar-refractivity contribution is 7.80. The number of hydrogen-bond donors (Lipinski definition) is 2. The standard InChI is InChI=1S/C22H32N2O4S/c1-7-11-26-15-9-10-16(17(13-15)27-12-8-2)19-18(14(3)23-21(29)24-19)20(25)28-22(4,5)6/h9-10,13,18-19H,3,7-8,11-12H2,1-2,4-6H3,(H2,23,24,29)/t18-,19+/m0/s1. The van der Waals surface area contributed by atoms with Gasteiger partial charge in [0.1, 0.15) is 23.0 Å². The van der Waals surface area contributed by atoms with Gasteiger partial charge in [0.05, 0.1) is 19.3 Å². The lowest BCUT2D eigenvalue weighted by atomic mass is 9.88. The van der Waals surface area contributed by atoms with E-state index in [0.717, 1.165) is 24.2 Å². The number of nitrogens with one attached hydrogen (secondary N) is 2. The highest BCUT2D eigenvalue weighted by Crippen LogP contribution is 2.38. The molecule has 1 saturated heterocycles. The van der Waals surface area contributed by atoms with Crippen LogP contribution in [-0.2, 0) is 9.53 Å². The van der Waals surface area contributed by atoms with Crippen LogP contribution in [0.15, 0.2) is 30.5 Å². The highest BCUT2D eigenvalue weighted by atomic mass is 32.1. The minimum atomic E-state index is -0.660. The van der Waals surface area contributed by atoms with Gasteiger partial charge in [0.2, 0.25) is 0 Å². The molecular formula is C22H32N2O4S. The Morgan fingerprint density at radius 2 is 1.83 bits per heavy atom. The van der Waals surface area contributed by atoms with Gasteiger partial charge in [-0.05, 0) is 58.0 Å². The molecule has 160 valence electrons.